The second-order valence-corrected chi connectivity index (χ2v) is 6.45. The van der Waals surface area contributed by atoms with Gasteiger partial charge < -0.3 is 4.42 Å². The van der Waals surface area contributed by atoms with Crippen LogP contribution in [0.1, 0.15) is 18.9 Å². The number of hydrogen-bond acceptors (Lipinski definition) is 6. The Kier molecular flexibility index (Phi) is 3.78. The second kappa shape index (κ2) is 5.11. The van der Waals surface area contributed by atoms with Crippen LogP contribution in [0.5, 0.6) is 0 Å². The summed E-state index contributed by atoms with van der Waals surface area (Å²) in [5.41, 5.74) is 0. The molecule has 0 fully saturated rings. The third kappa shape index (κ3) is 2.93. The molecule has 1 N–H and O–H groups in total. The Labute approximate surface area is 106 Å². The van der Waals surface area contributed by atoms with Crippen molar-refractivity contribution >= 4 is 35.3 Å². The number of H-pyrrole nitrogens is 1. The molecular weight excluding hydrogens is 262 g/mol. The van der Waals surface area contributed by atoms with Gasteiger partial charge in [0.15, 0.2) is 0 Å². The second-order valence-electron chi connectivity index (χ2n) is 3.40. The van der Waals surface area contributed by atoms with Crippen molar-refractivity contribution in [3.63, 3.8) is 0 Å². The summed E-state index contributed by atoms with van der Waals surface area (Å²) in [6, 6.07) is 0. The highest BCUT2D eigenvalue weighted by Crippen LogP contribution is 2.27. The van der Waals surface area contributed by atoms with Crippen molar-refractivity contribution in [2.24, 2.45) is 0 Å². The van der Waals surface area contributed by atoms with Gasteiger partial charge in [0.2, 0.25) is 0 Å². The number of rotatable bonds is 4. The molecule has 0 aliphatic heterocycles. The lowest BCUT2D eigenvalue weighted by molar-refractivity contribution is 0.553. The average Bonchev–Trinajstić information content (AvgIpc) is 2.83. The number of hydrogen-bond donors (Lipinski definition) is 1. The molecule has 7 heteroatoms. The molecule has 0 aliphatic rings. The van der Waals surface area contributed by atoms with Crippen LogP contribution < -0.4 is 0 Å². The van der Waals surface area contributed by atoms with E-state index >= 15 is 0 Å². The van der Waals surface area contributed by atoms with Crippen LogP contribution in [0.3, 0.4) is 0 Å². The van der Waals surface area contributed by atoms with Crippen LogP contribution in [0.2, 0.25) is 0 Å². The molecule has 2 aromatic heterocycles. The molecule has 0 radical (unpaired) electrons. The van der Waals surface area contributed by atoms with Crippen molar-refractivity contribution in [2.45, 2.75) is 24.9 Å². The smallest absolute Gasteiger partial charge is 0.284 e. The molecule has 0 saturated heterocycles. The Morgan fingerprint density at radius 3 is 3.06 bits per heavy atom. The van der Waals surface area contributed by atoms with Crippen molar-refractivity contribution in [1.29, 1.82) is 0 Å². The molecule has 0 unspecified atom stereocenters. The summed E-state index contributed by atoms with van der Waals surface area (Å²) < 4.78 is 5.22. The van der Waals surface area contributed by atoms with Crippen LogP contribution in [0.25, 0.3) is 10.8 Å². The molecule has 0 saturated carbocycles. The van der Waals surface area contributed by atoms with Gasteiger partial charge in [-0.3, -0.25) is 0 Å². The van der Waals surface area contributed by atoms with Crippen LogP contribution in [0.4, 0.5) is 0 Å². The molecule has 0 atom stereocenters. The lowest BCUT2D eigenvalue weighted by Gasteiger charge is -2.00. The van der Waals surface area contributed by atoms with Crippen LogP contribution in [0.15, 0.2) is 10.6 Å². The maximum absolute atomic E-state index is 5.22. The Hall–Kier alpha value is -0.660. The van der Waals surface area contributed by atoms with Gasteiger partial charge in [0, 0.05) is 5.75 Å². The zero-order valence-electron chi connectivity index (χ0n) is 8.89. The Bertz CT molecular complexity index is 514. The topological polar surface area (TPSA) is 54.7 Å². The van der Waals surface area contributed by atoms with E-state index in [1.807, 2.05) is 11.8 Å². The minimum Gasteiger partial charge on any atom is -0.408 e. The molecule has 0 bridgehead atoms. The maximum Gasteiger partial charge on any atom is 0.284 e. The molecule has 0 aliphatic carbocycles. The Morgan fingerprint density at radius 2 is 2.44 bits per heavy atom. The van der Waals surface area contributed by atoms with Gasteiger partial charge in [-0.25, -0.2) is 10.1 Å². The summed E-state index contributed by atoms with van der Waals surface area (Å²) in [6.07, 6.45) is 1.77. The lowest BCUT2D eigenvalue weighted by Crippen LogP contribution is -1.87. The van der Waals surface area contributed by atoms with Crippen molar-refractivity contribution < 1.29 is 4.42 Å². The minimum atomic E-state index is 0.293. The Balaban J connectivity index is 2.10. The quantitative estimate of drug-likeness (QED) is 0.864. The zero-order chi connectivity index (χ0) is 11.5. The van der Waals surface area contributed by atoms with Gasteiger partial charge >= 0.3 is 0 Å². The van der Waals surface area contributed by atoms with Crippen molar-refractivity contribution in [2.75, 3.05) is 0 Å². The fourth-order valence-electron chi connectivity index (χ4n) is 1.05. The predicted octanol–water partition coefficient (Wildman–Crippen LogP) is 3.50. The number of thioether (sulfide) groups is 1. The van der Waals surface area contributed by atoms with Gasteiger partial charge in [0.05, 0.1) is 6.20 Å². The third-order valence-electron chi connectivity index (χ3n) is 1.74. The largest absolute Gasteiger partial charge is 0.408 e. The van der Waals surface area contributed by atoms with Gasteiger partial charge in [0.25, 0.3) is 10.7 Å². The van der Waals surface area contributed by atoms with Crippen molar-refractivity contribution in [1.82, 2.24) is 15.2 Å². The normalized spacial score (nSPS) is 11.2. The summed E-state index contributed by atoms with van der Waals surface area (Å²) in [5, 5.41) is 8.25. The van der Waals surface area contributed by atoms with E-state index in [0.29, 0.717) is 16.0 Å². The fraction of sp³-hybridized carbons (Fsp3) is 0.444. The number of nitrogens with zero attached hydrogens (tertiary/aromatic N) is 2. The highest BCUT2D eigenvalue weighted by molar-refractivity contribution is 7.99. The molecule has 0 amide bonds. The SMILES string of the molecule is CC(C)SCc1ncc(-c2n[nH]c(=S)o2)s1. The van der Waals surface area contributed by atoms with Crippen molar-refractivity contribution in [3.05, 3.63) is 16.0 Å². The molecule has 0 spiro atoms. The molecule has 0 aromatic carbocycles. The van der Waals surface area contributed by atoms with E-state index in [4.69, 9.17) is 16.6 Å². The van der Waals surface area contributed by atoms with E-state index in [2.05, 4.69) is 29.0 Å². The standard InChI is InChI=1S/C9H11N3OS3/c1-5(2)15-4-7-10-3-6(16-7)8-11-12-9(14)13-8/h3,5H,4H2,1-2H3,(H,12,14). The number of aromatic nitrogens is 3. The van der Waals surface area contributed by atoms with Crippen LogP contribution in [-0.4, -0.2) is 20.4 Å². The first-order valence-electron chi connectivity index (χ1n) is 4.77. The molecule has 86 valence electrons. The fourth-order valence-corrected chi connectivity index (χ4v) is 2.80. The molecule has 2 rings (SSSR count). The van der Waals surface area contributed by atoms with E-state index in [9.17, 15) is 0 Å². The summed E-state index contributed by atoms with van der Waals surface area (Å²) in [7, 11) is 0. The van der Waals surface area contributed by atoms with Gasteiger partial charge in [-0.05, 0) is 17.5 Å². The monoisotopic (exact) mass is 273 g/mol. The minimum absolute atomic E-state index is 0.293. The van der Waals surface area contributed by atoms with Crippen LogP contribution in [-0.2, 0) is 5.75 Å². The first kappa shape index (κ1) is 11.8. The molecule has 2 heterocycles. The summed E-state index contributed by atoms with van der Waals surface area (Å²) in [6.45, 7) is 4.34. The lowest BCUT2D eigenvalue weighted by atomic mass is 10.6. The van der Waals surface area contributed by atoms with E-state index in [1.54, 1.807) is 17.5 Å². The van der Waals surface area contributed by atoms with Crippen LogP contribution in [0, 0.1) is 4.84 Å². The number of nitrogens with one attached hydrogen (secondary N) is 1. The molecular formula is C9H11N3OS3. The van der Waals surface area contributed by atoms with Gasteiger partial charge in [0.1, 0.15) is 9.88 Å². The first-order valence-corrected chi connectivity index (χ1v) is 7.04. The number of thiazole rings is 1. The van der Waals surface area contributed by atoms with Gasteiger partial charge in [-0.1, -0.05) is 13.8 Å². The van der Waals surface area contributed by atoms with Gasteiger partial charge in [-0.15, -0.1) is 16.4 Å². The van der Waals surface area contributed by atoms with E-state index in [0.717, 1.165) is 15.6 Å². The molecule has 2 aromatic rings. The van der Waals surface area contributed by atoms with Gasteiger partial charge in [-0.2, -0.15) is 11.8 Å². The highest BCUT2D eigenvalue weighted by Gasteiger charge is 2.09. The zero-order valence-corrected chi connectivity index (χ0v) is 11.3. The van der Waals surface area contributed by atoms with E-state index in [1.165, 1.54) is 0 Å². The first-order chi connectivity index (χ1) is 7.65. The highest BCUT2D eigenvalue weighted by atomic mass is 32.2. The van der Waals surface area contributed by atoms with E-state index < -0.39 is 0 Å². The maximum atomic E-state index is 5.22. The third-order valence-corrected chi connectivity index (χ3v) is 4.19. The summed E-state index contributed by atoms with van der Waals surface area (Å²) >= 11 is 8.27. The average molecular weight is 273 g/mol. The predicted molar refractivity (Wildman–Crippen MR) is 69.2 cm³/mol. The molecule has 4 nitrogen and oxygen atoms in total. The van der Waals surface area contributed by atoms with E-state index in [-0.39, 0.29) is 0 Å². The van der Waals surface area contributed by atoms with Crippen molar-refractivity contribution in [3.8, 4) is 10.8 Å². The molecule has 16 heavy (non-hydrogen) atoms. The number of aromatic amines is 1. The van der Waals surface area contributed by atoms with Crippen LogP contribution >= 0.6 is 35.3 Å². The summed E-state index contributed by atoms with van der Waals surface area (Å²) in [5.74, 6) is 1.44. The Morgan fingerprint density at radius 1 is 1.62 bits per heavy atom. The summed E-state index contributed by atoms with van der Waals surface area (Å²) in [4.78, 5) is 5.53.